The van der Waals surface area contributed by atoms with Crippen molar-refractivity contribution in [3.8, 4) is 29.1 Å². The molecule has 172 valence electrons. The number of halogens is 1. The Labute approximate surface area is 191 Å². The molecule has 0 radical (unpaired) electrons. The Morgan fingerprint density at radius 2 is 1.97 bits per heavy atom. The average Bonchev–Trinajstić information content (AvgIpc) is 2.75. The van der Waals surface area contributed by atoms with Crippen LogP contribution in [0.1, 0.15) is 36.6 Å². The molecule has 0 atom stereocenters. The lowest BCUT2D eigenvalue weighted by atomic mass is 10.1. The van der Waals surface area contributed by atoms with Gasteiger partial charge in [0, 0.05) is 24.9 Å². The Morgan fingerprint density at radius 3 is 2.64 bits per heavy atom. The van der Waals surface area contributed by atoms with Crippen LogP contribution in [0.4, 0.5) is 4.39 Å². The molecule has 0 aliphatic rings. The van der Waals surface area contributed by atoms with Crippen molar-refractivity contribution in [3.05, 3.63) is 69.5 Å². The summed E-state index contributed by atoms with van der Waals surface area (Å²) in [6.45, 7) is 3.48. The highest BCUT2D eigenvalue weighted by molar-refractivity contribution is 7.90. The fourth-order valence-corrected chi connectivity index (χ4v) is 4.66. The normalized spacial score (nSPS) is 11.2. The summed E-state index contributed by atoms with van der Waals surface area (Å²) >= 11 is 0. The highest BCUT2D eigenvalue weighted by Gasteiger charge is 2.18. The minimum absolute atomic E-state index is 0.0223. The zero-order valence-electron chi connectivity index (χ0n) is 18.5. The second kappa shape index (κ2) is 9.92. The molecule has 0 unspecified atom stereocenters. The van der Waals surface area contributed by atoms with E-state index in [0.29, 0.717) is 23.2 Å². The summed E-state index contributed by atoms with van der Waals surface area (Å²) in [5.74, 6) is -0.803. The maximum Gasteiger partial charge on any atom is 0.322 e. The van der Waals surface area contributed by atoms with E-state index in [2.05, 4.69) is 9.97 Å². The second-order valence-corrected chi connectivity index (χ2v) is 9.84. The smallest absolute Gasteiger partial charge is 0.322 e. The monoisotopic (exact) mass is 470 g/mol. The van der Waals surface area contributed by atoms with Crippen LogP contribution in [0.5, 0.6) is 11.8 Å². The third kappa shape index (κ3) is 6.02. The Kier molecular flexibility index (Phi) is 7.23. The predicted octanol–water partition coefficient (Wildman–Crippen LogP) is 3.67. The molecule has 0 saturated carbocycles. The first kappa shape index (κ1) is 24.1. The summed E-state index contributed by atoms with van der Waals surface area (Å²) in [5, 5.41) is 9.38. The molecular formula is C23H23FN4O4S. The molecule has 0 bridgehead atoms. The van der Waals surface area contributed by atoms with Crippen molar-refractivity contribution in [1.82, 2.24) is 14.5 Å². The van der Waals surface area contributed by atoms with Gasteiger partial charge < -0.3 is 9.30 Å². The molecule has 0 amide bonds. The van der Waals surface area contributed by atoms with Gasteiger partial charge in [0.25, 0.3) is 0 Å². The van der Waals surface area contributed by atoms with Crippen molar-refractivity contribution in [1.29, 1.82) is 5.26 Å². The lowest BCUT2D eigenvalue weighted by molar-refractivity contribution is 0.434. The number of hydrogen-bond acceptors (Lipinski definition) is 7. The van der Waals surface area contributed by atoms with Crippen LogP contribution in [0, 0.1) is 24.1 Å². The lowest BCUT2D eigenvalue weighted by Gasteiger charge is -2.12. The average molecular weight is 471 g/mol. The molecule has 0 saturated heterocycles. The number of ether oxygens (including phenoxy) is 1. The number of rotatable bonds is 8. The molecular weight excluding hydrogens is 447 g/mol. The molecule has 33 heavy (non-hydrogen) atoms. The van der Waals surface area contributed by atoms with Gasteiger partial charge in [-0.1, -0.05) is 13.3 Å². The Bertz CT molecular complexity index is 1390. The molecule has 10 heteroatoms. The van der Waals surface area contributed by atoms with Crippen molar-refractivity contribution in [2.24, 2.45) is 7.05 Å². The maximum absolute atomic E-state index is 13.7. The predicted molar refractivity (Wildman–Crippen MR) is 121 cm³/mol. The maximum atomic E-state index is 13.7. The van der Waals surface area contributed by atoms with E-state index in [-0.39, 0.29) is 40.1 Å². The number of aryl methyl sites for hydroxylation is 2. The van der Waals surface area contributed by atoms with E-state index < -0.39 is 15.7 Å². The Hall–Kier alpha value is -3.58. The molecule has 3 rings (SSSR count). The Morgan fingerprint density at radius 1 is 1.21 bits per heavy atom. The number of sulfone groups is 1. The van der Waals surface area contributed by atoms with Gasteiger partial charge in [-0.15, -0.1) is 0 Å². The van der Waals surface area contributed by atoms with Crippen molar-refractivity contribution < 1.29 is 17.5 Å². The molecule has 0 aliphatic heterocycles. The molecule has 1 aromatic carbocycles. The molecule has 8 nitrogen and oxygen atoms in total. The van der Waals surface area contributed by atoms with Crippen LogP contribution >= 0.6 is 0 Å². The van der Waals surface area contributed by atoms with Gasteiger partial charge in [-0.25, -0.2) is 12.8 Å². The first-order chi connectivity index (χ1) is 15.6. The van der Waals surface area contributed by atoms with Gasteiger partial charge >= 0.3 is 6.01 Å². The minimum Gasteiger partial charge on any atom is -0.423 e. The zero-order chi connectivity index (χ0) is 24.2. The third-order valence-electron chi connectivity index (χ3n) is 4.87. The highest BCUT2D eigenvalue weighted by atomic mass is 32.2. The van der Waals surface area contributed by atoms with Crippen LogP contribution in [0.3, 0.4) is 0 Å². The fraction of sp³-hybridized carbons (Fsp3) is 0.304. The number of nitrogens with zero attached hydrogens (tertiary/aromatic N) is 4. The fourth-order valence-electron chi connectivity index (χ4n) is 3.19. The molecule has 0 N–H and O–H groups in total. The Balaban J connectivity index is 2.11. The van der Waals surface area contributed by atoms with Crippen LogP contribution in [0.2, 0.25) is 0 Å². The van der Waals surface area contributed by atoms with Gasteiger partial charge in [0.05, 0.1) is 28.5 Å². The first-order valence-electron chi connectivity index (χ1n) is 10.3. The zero-order valence-corrected chi connectivity index (χ0v) is 19.3. The largest absolute Gasteiger partial charge is 0.423 e. The van der Waals surface area contributed by atoms with E-state index in [9.17, 15) is 22.9 Å². The van der Waals surface area contributed by atoms with Crippen molar-refractivity contribution >= 4 is 9.84 Å². The topological polar surface area (TPSA) is 115 Å². The number of hydrogen-bond donors (Lipinski definition) is 0. The highest BCUT2D eigenvalue weighted by Crippen LogP contribution is 2.30. The molecule has 0 fully saturated rings. The van der Waals surface area contributed by atoms with E-state index in [1.807, 2.05) is 13.0 Å². The van der Waals surface area contributed by atoms with Crippen LogP contribution in [-0.2, 0) is 22.6 Å². The molecule has 3 aromatic rings. The van der Waals surface area contributed by atoms with Gasteiger partial charge in [0.2, 0.25) is 5.56 Å². The molecule has 2 aromatic heterocycles. The molecule has 0 spiro atoms. The van der Waals surface area contributed by atoms with Gasteiger partial charge in [-0.2, -0.15) is 15.2 Å². The lowest BCUT2D eigenvalue weighted by Crippen LogP contribution is -2.14. The minimum atomic E-state index is -3.43. The summed E-state index contributed by atoms with van der Waals surface area (Å²) in [5.41, 5.74) is 1.20. The standard InChI is InChI=1S/C23H23FN4O4S/c1-4-5-8-33(30,31)14-19-11-20(16-6-7-21(29)28(3)13-16)27-23(26-19)32-22-15(2)9-18(24)10-17(22)12-25/h6-7,9-11,13H,4-5,8,14H2,1-3H3. The van der Waals surface area contributed by atoms with Gasteiger partial charge in [-0.05, 0) is 43.2 Å². The van der Waals surface area contributed by atoms with Crippen LogP contribution in [0.15, 0.2) is 41.3 Å². The number of benzene rings is 1. The van der Waals surface area contributed by atoms with E-state index in [1.165, 1.54) is 22.8 Å². The molecule has 2 heterocycles. The van der Waals surface area contributed by atoms with E-state index in [0.717, 1.165) is 12.5 Å². The first-order valence-corrected chi connectivity index (χ1v) is 12.1. The number of nitriles is 1. The summed E-state index contributed by atoms with van der Waals surface area (Å²) in [6.07, 6.45) is 2.83. The molecule has 0 aliphatic carbocycles. The summed E-state index contributed by atoms with van der Waals surface area (Å²) in [6, 6.07) is 8.40. The van der Waals surface area contributed by atoms with Crippen molar-refractivity contribution in [2.75, 3.05) is 5.75 Å². The third-order valence-corrected chi connectivity index (χ3v) is 6.52. The number of unbranched alkanes of at least 4 members (excludes halogenated alkanes) is 1. The van der Waals surface area contributed by atoms with Crippen LogP contribution in [-0.4, -0.2) is 28.7 Å². The summed E-state index contributed by atoms with van der Waals surface area (Å²) in [7, 11) is -1.84. The van der Waals surface area contributed by atoms with Crippen molar-refractivity contribution in [3.63, 3.8) is 0 Å². The van der Waals surface area contributed by atoms with E-state index in [4.69, 9.17) is 4.74 Å². The number of pyridine rings is 1. The number of aromatic nitrogens is 3. The van der Waals surface area contributed by atoms with E-state index >= 15 is 0 Å². The summed E-state index contributed by atoms with van der Waals surface area (Å²) in [4.78, 5) is 20.4. The summed E-state index contributed by atoms with van der Waals surface area (Å²) < 4.78 is 45.9. The van der Waals surface area contributed by atoms with E-state index in [1.54, 1.807) is 26.2 Å². The second-order valence-electron chi connectivity index (χ2n) is 7.65. The van der Waals surface area contributed by atoms with Gasteiger partial charge in [0.15, 0.2) is 15.6 Å². The quantitative estimate of drug-likeness (QED) is 0.493. The van der Waals surface area contributed by atoms with Crippen molar-refractivity contribution in [2.45, 2.75) is 32.4 Å². The SMILES string of the molecule is CCCCS(=O)(=O)Cc1cc(-c2ccc(=O)n(C)c2)nc(Oc2c(C)cc(F)cc2C#N)n1. The van der Waals surface area contributed by atoms with Crippen LogP contribution in [0.25, 0.3) is 11.3 Å². The van der Waals surface area contributed by atoms with Gasteiger partial charge in [0.1, 0.15) is 11.9 Å². The van der Waals surface area contributed by atoms with Crippen LogP contribution < -0.4 is 10.3 Å². The van der Waals surface area contributed by atoms with Gasteiger partial charge in [-0.3, -0.25) is 4.79 Å².